The topological polar surface area (TPSA) is 53.4 Å². The Bertz CT molecular complexity index is 804. The number of likely N-dealkylation sites (tertiary alicyclic amines) is 2. The van der Waals surface area contributed by atoms with Crippen molar-refractivity contribution >= 4 is 5.91 Å². The molecule has 1 N–H and O–H groups in total. The van der Waals surface area contributed by atoms with Crippen LogP contribution in [0.3, 0.4) is 0 Å². The highest BCUT2D eigenvalue weighted by atomic mass is 16.2. The van der Waals surface area contributed by atoms with Gasteiger partial charge in [0.25, 0.3) is 0 Å². The smallest absolute Gasteiger partial charge is 0.223 e. The lowest BCUT2D eigenvalue weighted by Crippen LogP contribution is -2.39. The second kappa shape index (κ2) is 8.05. The standard InChI is InChI=1S/C22H31N5O/c1-16-12-27(13-17-7-5-4-6-8-17)15-20(16)23-10-18-9-21(28)26(3)22(18)19-11-24-25(2)14-19/h4-8,11,14,16,18,20,22-23H,9-10,12-13,15H2,1-3H3/t16-,18-,20+,22+/m0/s1. The van der Waals surface area contributed by atoms with Crippen LogP contribution in [0.15, 0.2) is 42.7 Å². The maximum atomic E-state index is 12.4. The van der Waals surface area contributed by atoms with Gasteiger partial charge in [0.05, 0.1) is 12.2 Å². The van der Waals surface area contributed by atoms with E-state index in [0.717, 1.165) is 31.7 Å². The Hall–Kier alpha value is -2.18. The number of carbonyl (C=O) groups is 1. The molecule has 6 heteroatoms. The average molecular weight is 382 g/mol. The van der Waals surface area contributed by atoms with Crippen molar-refractivity contribution in [1.82, 2.24) is 24.9 Å². The van der Waals surface area contributed by atoms with E-state index in [1.807, 2.05) is 36.1 Å². The van der Waals surface area contributed by atoms with E-state index in [1.54, 1.807) is 0 Å². The van der Waals surface area contributed by atoms with E-state index in [4.69, 9.17) is 0 Å². The minimum absolute atomic E-state index is 0.117. The van der Waals surface area contributed by atoms with Gasteiger partial charge in [0.15, 0.2) is 0 Å². The molecule has 4 rings (SSSR count). The molecule has 6 nitrogen and oxygen atoms in total. The Morgan fingerprint density at radius 3 is 2.68 bits per heavy atom. The number of aromatic nitrogens is 2. The normalized spacial score (nSPS) is 28.4. The van der Waals surface area contributed by atoms with E-state index in [2.05, 4.69) is 52.6 Å². The molecule has 1 aromatic heterocycles. The molecule has 0 bridgehead atoms. The summed E-state index contributed by atoms with van der Waals surface area (Å²) in [5, 5.41) is 8.10. The van der Waals surface area contributed by atoms with Crippen LogP contribution in [0.1, 0.15) is 30.5 Å². The van der Waals surface area contributed by atoms with Crippen LogP contribution in [0, 0.1) is 11.8 Å². The summed E-state index contributed by atoms with van der Waals surface area (Å²) in [6, 6.07) is 11.3. The summed E-state index contributed by atoms with van der Waals surface area (Å²) in [7, 11) is 3.84. The van der Waals surface area contributed by atoms with Gasteiger partial charge in [-0.3, -0.25) is 14.4 Å². The van der Waals surface area contributed by atoms with Crippen molar-refractivity contribution in [3.63, 3.8) is 0 Å². The summed E-state index contributed by atoms with van der Waals surface area (Å²) in [6.07, 6.45) is 4.54. The third-order valence-electron chi connectivity index (χ3n) is 6.34. The van der Waals surface area contributed by atoms with Crippen LogP contribution in [0.5, 0.6) is 0 Å². The zero-order chi connectivity index (χ0) is 19.7. The molecule has 2 saturated heterocycles. The van der Waals surface area contributed by atoms with E-state index in [0.29, 0.717) is 18.4 Å². The number of aryl methyl sites for hydroxylation is 1. The van der Waals surface area contributed by atoms with Crippen LogP contribution in [0.4, 0.5) is 0 Å². The summed E-state index contributed by atoms with van der Waals surface area (Å²) >= 11 is 0. The molecular weight excluding hydrogens is 350 g/mol. The first-order valence-electron chi connectivity index (χ1n) is 10.2. The van der Waals surface area contributed by atoms with Crippen molar-refractivity contribution < 1.29 is 4.79 Å². The molecule has 0 radical (unpaired) electrons. The van der Waals surface area contributed by atoms with Crippen LogP contribution < -0.4 is 5.32 Å². The van der Waals surface area contributed by atoms with Gasteiger partial charge in [0.1, 0.15) is 0 Å². The van der Waals surface area contributed by atoms with Gasteiger partial charge in [-0.1, -0.05) is 37.3 Å². The summed E-state index contributed by atoms with van der Waals surface area (Å²) in [6.45, 7) is 6.37. The van der Waals surface area contributed by atoms with Gasteiger partial charge < -0.3 is 10.2 Å². The monoisotopic (exact) mass is 381 g/mol. The second-order valence-electron chi connectivity index (χ2n) is 8.53. The Morgan fingerprint density at radius 1 is 1.18 bits per heavy atom. The fraction of sp³-hybridized carbons (Fsp3) is 0.545. The number of hydrogen-bond donors (Lipinski definition) is 1. The van der Waals surface area contributed by atoms with Crippen LogP contribution in [0.2, 0.25) is 0 Å². The summed E-state index contributed by atoms with van der Waals surface area (Å²) in [4.78, 5) is 16.8. The maximum Gasteiger partial charge on any atom is 0.223 e. The summed E-state index contributed by atoms with van der Waals surface area (Å²) in [5.41, 5.74) is 2.50. The molecule has 150 valence electrons. The van der Waals surface area contributed by atoms with Crippen molar-refractivity contribution in [2.24, 2.45) is 18.9 Å². The lowest BCUT2D eigenvalue weighted by Gasteiger charge is -2.26. The SMILES string of the molecule is C[C@H]1CN(Cc2ccccc2)C[C@H]1NC[C@@H]1CC(=O)N(C)[C@H]1c1cnn(C)c1. The first-order valence-corrected chi connectivity index (χ1v) is 10.2. The first-order chi connectivity index (χ1) is 13.5. The van der Waals surface area contributed by atoms with Gasteiger partial charge >= 0.3 is 0 Å². The predicted octanol–water partition coefficient (Wildman–Crippen LogP) is 2.05. The number of nitrogens with zero attached hydrogens (tertiary/aromatic N) is 4. The van der Waals surface area contributed by atoms with Crippen molar-refractivity contribution in [2.45, 2.75) is 32.0 Å². The Balaban J connectivity index is 1.36. The Labute approximate surface area is 167 Å². The molecule has 0 unspecified atom stereocenters. The highest BCUT2D eigenvalue weighted by Crippen LogP contribution is 2.36. The summed E-state index contributed by atoms with van der Waals surface area (Å²) < 4.78 is 1.82. The van der Waals surface area contributed by atoms with Crippen LogP contribution in [-0.2, 0) is 18.4 Å². The van der Waals surface area contributed by atoms with Gasteiger partial charge in [-0.25, -0.2) is 0 Å². The van der Waals surface area contributed by atoms with Gasteiger partial charge in [-0.15, -0.1) is 0 Å². The first kappa shape index (κ1) is 19.2. The molecule has 1 amide bonds. The average Bonchev–Trinajstić information content (AvgIpc) is 3.33. The number of carbonyl (C=O) groups excluding carboxylic acids is 1. The second-order valence-corrected chi connectivity index (χ2v) is 8.53. The minimum Gasteiger partial charge on any atom is -0.338 e. The van der Waals surface area contributed by atoms with E-state index in [9.17, 15) is 4.79 Å². The molecule has 2 aromatic rings. The molecular formula is C22H31N5O. The molecule has 0 saturated carbocycles. The lowest BCUT2D eigenvalue weighted by molar-refractivity contribution is -0.127. The van der Waals surface area contributed by atoms with Crippen LogP contribution in [0.25, 0.3) is 0 Å². The molecule has 28 heavy (non-hydrogen) atoms. The molecule has 4 atom stereocenters. The number of benzene rings is 1. The van der Waals surface area contributed by atoms with Crippen molar-refractivity contribution in [2.75, 3.05) is 26.7 Å². The largest absolute Gasteiger partial charge is 0.338 e. The van der Waals surface area contributed by atoms with E-state index >= 15 is 0 Å². The number of hydrogen-bond acceptors (Lipinski definition) is 4. The number of amides is 1. The van der Waals surface area contributed by atoms with E-state index < -0.39 is 0 Å². The fourth-order valence-electron chi connectivity index (χ4n) is 4.83. The molecule has 0 spiro atoms. The van der Waals surface area contributed by atoms with Crippen LogP contribution >= 0.6 is 0 Å². The molecule has 2 aliphatic rings. The van der Waals surface area contributed by atoms with Crippen molar-refractivity contribution in [1.29, 1.82) is 0 Å². The Kier molecular flexibility index (Phi) is 5.51. The Morgan fingerprint density at radius 2 is 1.96 bits per heavy atom. The van der Waals surface area contributed by atoms with Gasteiger partial charge in [-0.2, -0.15) is 5.10 Å². The van der Waals surface area contributed by atoms with Gasteiger partial charge in [-0.05, 0) is 11.5 Å². The number of nitrogens with one attached hydrogen (secondary N) is 1. The highest BCUT2D eigenvalue weighted by Gasteiger charge is 2.40. The molecule has 3 heterocycles. The minimum atomic E-state index is 0.117. The number of rotatable bonds is 6. The van der Waals surface area contributed by atoms with E-state index in [1.165, 1.54) is 5.56 Å². The fourth-order valence-corrected chi connectivity index (χ4v) is 4.83. The third kappa shape index (κ3) is 3.98. The maximum absolute atomic E-state index is 12.4. The van der Waals surface area contributed by atoms with Crippen molar-refractivity contribution in [3.8, 4) is 0 Å². The lowest BCUT2D eigenvalue weighted by atomic mass is 9.95. The summed E-state index contributed by atoms with van der Waals surface area (Å²) in [5.74, 6) is 1.12. The molecule has 2 aliphatic heterocycles. The molecule has 2 fully saturated rings. The van der Waals surface area contributed by atoms with E-state index in [-0.39, 0.29) is 17.9 Å². The third-order valence-corrected chi connectivity index (χ3v) is 6.34. The van der Waals surface area contributed by atoms with Gasteiger partial charge in [0, 0.05) is 70.4 Å². The van der Waals surface area contributed by atoms with Crippen molar-refractivity contribution in [3.05, 3.63) is 53.9 Å². The zero-order valence-corrected chi connectivity index (χ0v) is 17.1. The van der Waals surface area contributed by atoms with Crippen LogP contribution in [-0.4, -0.2) is 58.2 Å². The zero-order valence-electron chi connectivity index (χ0n) is 17.1. The quantitative estimate of drug-likeness (QED) is 0.832. The predicted molar refractivity (Wildman–Crippen MR) is 109 cm³/mol. The highest BCUT2D eigenvalue weighted by molar-refractivity contribution is 5.79. The van der Waals surface area contributed by atoms with Gasteiger partial charge in [0.2, 0.25) is 5.91 Å². The molecule has 0 aliphatic carbocycles. The molecule has 1 aromatic carbocycles.